The van der Waals surface area contributed by atoms with Crippen molar-refractivity contribution in [1.29, 1.82) is 0 Å². The number of halogens is 3. The Kier molecular flexibility index (Phi) is 6.30. The van der Waals surface area contributed by atoms with E-state index < -0.39 is 46.8 Å². The van der Waals surface area contributed by atoms with E-state index >= 15 is 0 Å². The second-order valence-electron chi connectivity index (χ2n) is 8.01. The van der Waals surface area contributed by atoms with Crippen molar-refractivity contribution >= 4 is 17.3 Å². The Morgan fingerprint density at radius 2 is 1.85 bits per heavy atom. The summed E-state index contributed by atoms with van der Waals surface area (Å²) in [5.41, 5.74) is 5.55. The molecule has 3 heterocycles. The van der Waals surface area contributed by atoms with Gasteiger partial charge in [-0.15, -0.1) is 0 Å². The molecule has 7 nitrogen and oxygen atoms in total. The molecule has 0 saturated carbocycles. The lowest BCUT2D eigenvalue weighted by Gasteiger charge is -2.40. The van der Waals surface area contributed by atoms with Gasteiger partial charge in [-0.2, -0.15) is 0 Å². The number of aliphatic hydroxyl groups is 1. The lowest BCUT2D eigenvalue weighted by Crippen LogP contribution is -2.55. The van der Waals surface area contributed by atoms with E-state index in [9.17, 15) is 23.1 Å². The molecule has 1 aliphatic rings. The molecular formula is C23H22F3N5O2. The number of nitrogens with zero attached hydrogens (tertiary/aromatic N) is 3. The van der Waals surface area contributed by atoms with Gasteiger partial charge in [0, 0.05) is 31.2 Å². The number of anilines is 2. The minimum absolute atomic E-state index is 0.0949. The maximum Gasteiger partial charge on any atom is 0.274 e. The number of pyridine rings is 2. The number of carbonyl (C=O) groups excluding carboxylic acids is 1. The minimum atomic E-state index is -0.994. The van der Waals surface area contributed by atoms with Crippen LogP contribution < -0.4 is 16.0 Å². The van der Waals surface area contributed by atoms with Crippen molar-refractivity contribution in [3.63, 3.8) is 0 Å². The normalized spacial score (nSPS) is 20.5. The van der Waals surface area contributed by atoms with Crippen LogP contribution in [0.1, 0.15) is 17.4 Å². The summed E-state index contributed by atoms with van der Waals surface area (Å²) in [6, 6.07) is 6.40. The van der Waals surface area contributed by atoms with Crippen LogP contribution in [0.4, 0.5) is 24.5 Å². The molecule has 1 saturated heterocycles. The number of amides is 1. The third-order valence-corrected chi connectivity index (χ3v) is 5.63. The quantitative estimate of drug-likeness (QED) is 0.557. The fraction of sp³-hybridized carbons (Fsp3) is 0.261. The number of rotatable bonds is 4. The second kappa shape index (κ2) is 9.16. The van der Waals surface area contributed by atoms with Crippen LogP contribution in [-0.2, 0) is 0 Å². The molecule has 172 valence electrons. The molecule has 0 radical (unpaired) electrons. The SMILES string of the molecule is C[C@@H]1CN(c2ccncc2NC(=O)c2ccc(F)c(-c3c(F)cccc3F)n2)C[C@@H](N)[C@@H]1O. The van der Waals surface area contributed by atoms with Crippen LogP contribution in [0, 0.1) is 23.4 Å². The van der Waals surface area contributed by atoms with Crippen LogP contribution in [0.3, 0.4) is 0 Å². The Morgan fingerprint density at radius 3 is 2.55 bits per heavy atom. The highest BCUT2D eigenvalue weighted by molar-refractivity contribution is 6.04. The first-order chi connectivity index (χ1) is 15.8. The van der Waals surface area contributed by atoms with Gasteiger partial charge in [-0.05, 0) is 30.3 Å². The minimum Gasteiger partial charge on any atom is -0.391 e. The Morgan fingerprint density at radius 1 is 1.12 bits per heavy atom. The zero-order chi connectivity index (χ0) is 23.7. The van der Waals surface area contributed by atoms with Crippen LogP contribution >= 0.6 is 0 Å². The van der Waals surface area contributed by atoms with E-state index in [-0.39, 0.29) is 11.6 Å². The van der Waals surface area contributed by atoms with E-state index in [1.807, 2.05) is 11.8 Å². The summed E-state index contributed by atoms with van der Waals surface area (Å²) in [6.07, 6.45) is 2.36. The second-order valence-corrected chi connectivity index (χ2v) is 8.01. The molecular weight excluding hydrogens is 435 g/mol. The monoisotopic (exact) mass is 457 g/mol. The molecule has 1 amide bonds. The molecule has 10 heteroatoms. The Balaban J connectivity index is 1.63. The lowest BCUT2D eigenvalue weighted by molar-refractivity contribution is 0.0785. The smallest absolute Gasteiger partial charge is 0.274 e. The van der Waals surface area contributed by atoms with Gasteiger partial charge in [0.1, 0.15) is 28.8 Å². The van der Waals surface area contributed by atoms with Crippen molar-refractivity contribution in [2.24, 2.45) is 11.7 Å². The Bertz CT molecular complexity index is 1160. The first kappa shape index (κ1) is 22.7. The fourth-order valence-electron chi connectivity index (χ4n) is 3.92. The van der Waals surface area contributed by atoms with Crippen molar-refractivity contribution < 1.29 is 23.1 Å². The van der Waals surface area contributed by atoms with E-state index in [2.05, 4.69) is 15.3 Å². The number of benzene rings is 1. The van der Waals surface area contributed by atoms with E-state index in [1.165, 1.54) is 6.20 Å². The van der Waals surface area contributed by atoms with Gasteiger partial charge in [-0.3, -0.25) is 9.78 Å². The molecule has 33 heavy (non-hydrogen) atoms. The molecule has 1 aliphatic heterocycles. The fourth-order valence-corrected chi connectivity index (χ4v) is 3.92. The number of hydrogen-bond acceptors (Lipinski definition) is 6. The van der Waals surface area contributed by atoms with Crippen LogP contribution in [-0.4, -0.2) is 46.2 Å². The van der Waals surface area contributed by atoms with Gasteiger partial charge in [0.05, 0.1) is 29.2 Å². The van der Waals surface area contributed by atoms with Gasteiger partial charge in [0.15, 0.2) is 0 Å². The molecule has 1 fully saturated rings. The summed E-state index contributed by atoms with van der Waals surface area (Å²) in [4.78, 5) is 22.8. The molecule has 3 aromatic rings. The maximum atomic E-state index is 14.3. The van der Waals surface area contributed by atoms with E-state index in [0.717, 1.165) is 30.3 Å². The van der Waals surface area contributed by atoms with Gasteiger partial charge in [-0.1, -0.05) is 13.0 Å². The van der Waals surface area contributed by atoms with E-state index in [0.29, 0.717) is 24.5 Å². The molecule has 4 N–H and O–H groups in total. The number of aliphatic hydroxyl groups excluding tert-OH is 1. The summed E-state index contributed by atoms with van der Waals surface area (Å²) in [6.45, 7) is 2.75. The Hall–Kier alpha value is -3.50. The number of carbonyl (C=O) groups is 1. The predicted octanol–water partition coefficient (Wildman–Crippen LogP) is 2.96. The molecule has 0 spiro atoms. The van der Waals surface area contributed by atoms with Crippen molar-refractivity contribution in [3.8, 4) is 11.3 Å². The number of nitrogens with two attached hydrogens (primary N) is 1. The molecule has 2 aromatic heterocycles. The average molecular weight is 457 g/mol. The summed E-state index contributed by atoms with van der Waals surface area (Å²) in [7, 11) is 0. The number of hydrogen-bond donors (Lipinski definition) is 3. The third-order valence-electron chi connectivity index (χ3n) is 5.63. The number of nitrogens with one attached hydrogen (secondary N) is 1. The number of piperidine rings is 1. The Labute approximate surface area is 188 Å². The molecule has 0 unspecified atom stereocenters. The van der Waals surface area contributed by atoms with Crippen molar-refractivity contribution in [3.05, 3.63) is 71.9 Å². The maximum absolute atomic E-state index is 14.3. The zero-order valence-electron chi connectivity index (χ0n) is 17.7. The molecule has 0 bridgehead atoms. The van der Waals surface area contributed by atoms with E-state index in [4.69, 9.17) is 5.73 Å². The molecule has 4 rings (SSSR count). The highest BCUT2D eigenvalue weighted by Crippen LogP contribution is 2.30. The highest BCUT2D eigenvalue weighted by atomic mass is 19.1. The van der Waals surface area contributed by atoms with Gasteiger partial charge >= 0.3 is 0 Å². The topological polar surface area (TPSA) is 104 Å². The van der Waals surface area contributed by atoms with Gasteiger partial charge in [-0.25, -0.2) is 18.2 Å². The molecule has 0 aliphatic carbocycles. The van der Waals surface area contributed by atoms with Crippen molar-refractivity contribution in [1.82, 2.24) is 9.97 Å². The summed E-state index contributed by atoms with van der Waals surface area (Å²) >= 11 is 0. The first-order valence-electron chi connectivity index (χ1n) is 10.3. The lowest BCUT2D eigenvalue weighted by atomic mass is 9.92. The van der Waals surface area contributed by atoms with Crippen molar-refractivity contribution in [2.45, 2.75) is 19.1 Å². The van der Waals surface area contributed by atoms with Gasteiger partial charge in [0.2, 0.25) is 0 Å². The standard InChI is InChI=1S/C23H22F3N5O2/c1-12-10-31(11-16(27)22(12)32)19-7-8-28-9-18(19)30-23(33)17-6-5-15(26)21(29-17)20-13(24)3-2-4-14(20)25/h2-9,12,16,22,32H,10-11,27H2,1H3,(H,30,33)/t12-,16-,22-/m1/s1. The van der Waals surface area contributed by atoms with Crippen LogP contribution in [0.2, 0.25) is 0 Å². The molecule has 1 aromatic carbocycles. The molecule has 3 atom stereocenters. The largest absolute Gasteiger partial charge is 0.391 e. The van der Waals surface area contributed by atoms with E-state index in [1.54, 1.807) is 12.3 Å². The van der Waals surface area contributed by atoms with Crippen LogP contribution in [0.15, 0.2) is 48.8 Å². The van der Waals surface area contributed by atoms with Crippen LogP contribution in [0.25, 0.3) is 11.3 Å². The third kappa shape index (κ3) is 4.53. The van der Waals surface area contributed by atoms with Gasteiger partial charge < -0.3 is 21.1 Å². The highest BCUT2D eigenvalue weighted by Gasteiger charge is 2.32. The van der Waals surface area contributed by atoms with Crippen molar-refractivity contribution in [2.75, 3.05) is 23.3 Å². The summed E-state index contributed by atoms with van der Waals surface area (Å²) < 4.78 is 42.7. The van der Waals surface area contributed by atoms with Gasteiger partial charge in [0.25, 0.3) is 5.91 Å². The first-order valence-corrected chi connectivity index (χ1v) is 10.3. The number of aromatic nitrogens is 2. The summed E-state index contributed by atoms with van der Waals surface area (Å²) in [5, 5.41) is 12.8. The van der Waals surface area contributed by atoms with Crippen LogP contribution in [0.5, 0.6) is 0 Å². The zero-order valence-corrected chi connectivity index (χ0v) is 17.7. The predicted molar refractivity (Wildman–Crippen MR) is 117 cm³/mol. The summed E-state index contributed by atoms with van der Waals surface area (Å²) in [5.74, 6) is -3.76. The average Bonchev–Trinajstić information content (AvgIpc) is 2.78.